The molecule has 6 heteroatoms. The van der Waals surface area contributed by atoms with E-state index >= 15 is 0 Å². The van der Waals surface area contributed by atoms with Crippen LogP contribution in [0.15, 0.2) is 23.3 Å². The average molecular weight is 308 g/mol. The van der Waals surface area contributed by atoms with Crippen molar-refractivity contribution in [3.05, 3.63) is 35.1 Å². The van der Waals surface area contributed by atoms with Crippen LogP contribution in [0.3, 0.4) is 0 Å². The lowest BCUT2D eigenvalue weighted by atomic mass is 9.99. The monoisotopic (exact) mass is 308 g/mol. The Morgan fingerprint density at radius 2 is 2.43 bits per heavy atom. The second-order valence-electron chi connectivity index (χ2n) is 5.57. The largest absolute Gasteiger partial charge is 0.375 e. The highest BCUT2D eigenvalue weighted by molar-refractivity contribution is 7.80. The molecular formula is C15H21FN4S. The molecule has 0 aromatic heterocycles. The lowest BCUT2D eigenvalue weighted by Crippen LogP contribution is -2.33. The third kappa shape index (κ3) is 5.06. The number of hydrazone groups is 1. The minimum absolute atomic E-state index is 0.0857. The lowest BCUT2D eigenvalue weighted by molar-refractivity contribution is 0.175. The van der Waals surface area contributed by atoms with Gasteiger partial charge in [0, 0.05) is 18.7 Å². The summed E-state index contributed by atoms with van der Waals surface area (Å²) in [5.74, 6) is 0.492. The highest BCUT2D eigenvalue weighted by atomic mass is 32.1. The zero-order valence-electron chi connectivity index (χ0n) is 12.2. The third-order valence-electron chi connectivity index (χ3n) is 3.60. The molecule has 1 aromatic rings. The maximum Gasteiger partial charge on any atom is 0.184 e. The number of halogens is 1. The second kappa shape index (κ2) is 7.47. The van der Waals surface area contributed by atoms with Gasteiger partial charge in [0.25, 0.3) is 0 Å². The summed E-state index contributed by atoms with van der Waals surface area (Å²) in [5, 5.41) is 3.90. The van der Waals surface area contributed by atoms with Gasteiger partial charge in [-0.15, -0.1) is 0 Å². The maximum atomic E-state index is 14.1. The molecule has 114 valence electrons. The minimum Gasteiger partial charge on any atom is -0.375 e. The van der Waals surface area contributed by atoms with Crippen LogP contribution in [0.4, 0.5) is 4.39 Å². The Balaban J connectivity index is 1.98. The fraction of sp³-hybridized carbons (Fsp3) is 0.467. The quantitative estimate of drug-likeness (QED) is 0.509. The van der Waals surface area contributed by atoms with Crippen molar-refractivity contribution in [2.45, 2.75) is 26.3 Å². The summed E-state index contributed by atoms with van der Waals surface area (Å²) in [5.41, 5.74) is 9.10. The molecule has 1 aliphatic heterocycles. The number of hydrogen-bond donors (Lipinski definition) is 2. The summed E-state index contributed by atoms with van der Waals surface area (Å²) in [6, 6.07) is 5.14. The number of benzene rings is 1. The van der Waals surface area contributed by atoms with Gasteiger partial charge in [-0.1, -0.05) is 19.1 Å². The molecule has 21 heavy (non-hydrogen) atoms. The fourth-order valence-electron chi connectivity index (χ4n) is 2.61. The molecule has 0 bridgehead atoms. The van der Waals surface area contributed by atoms with Gasteiger partial charge in [0.15, 0.2) is 5.11 Å². The number of nitrogens with one attached hydrogen (secondary N) is 1. The van der Waals surface area contributed by atoms with Gasteiger partial charge in [0.1, 0.15) is 5.82 Å². The molecule has 1 fully saturated rings. The molecule has 1 unspecified atom stereocenters. The number of piperidine rings is 1. The van der Waals surface area contributed by atoms with Crippen LogP contribution in [0, 0.1) is 11.7 Å². The van der Waals surface area contributed by atoms with Crippen molar-refractivity contribution < 1.29 is 4.39 Å². The summed E-state index contributed by atoms with van der Waals surface area (Å²) in [6.45, 7) is 5.00. The van der Waals surface area contributed by atoms with Crippen LogP contribution in [0.5, 0.6) is 0 Å². The predicted molar refractivity (Wildman–Crippen MR) is 87.6 cm³/mol. The van der Waals surface area contributed by atoms with Gasteiger partial charge in [0.05, 0.1) is 6.21 Å². The van der Waals surface area contributed by atoms with E-state index in [4.69, 9.17) is 5.73 Å². The van der Waals surface area contributed by atoms with Crippen LogP contribution in [0.2, 0.25) is 0 Å². The molecule has 0 aliphatic carbocycles. The number of hydrogen-bond acceptors (Lipinski definition) is 3. The summed E-state index contributed by atoms with van der Waals surface area (Å²) in [4.78, 5) is 2.31. The minimum atomic E-state index is -0.201. The molecule has 0 amide bonds. The van der Waals surface area contributed by atoms with Gasteiger partial charge in [0.2, 0.25) is 0 Å². The number of likely N-dealkylation sites (tertiary alicyclic amines) is 1. The van der Waals surface area contributed by atoms with Crippen LogP contribution < -0.4 is 11.2 Å². The van der Waals surface area contributed by atoms with Gasteiger partial charge in [-0.25, -0.2) is 4.39 Å². The SMILES string of the molecule is CC1CCCN(Cc2ccc(C=NNC(N)=S)cc2F)C1. The number of nitrogens with two attached hydrogens (primary N) is 1. The van der Waals surface area contributed by atoms with Crippen LogP contribution in [0.25, 0.3) is 0 Å². The van der Waals surface area contributed by atoms with Crippen LogP contribution in [-0.2, 0) is 6.54 Å². The van der Waals surface area contributed by atoms with Crippen molar-refractivity contribution in [1.29, 1.82) is 0 Å². The first kappa shape index (κ1) is 15.9. The van der Waals surface area contributed by atoms with Crippen molar-refractivity contribution in [3.63, 3.8) is 0 Å². The van der Waals surface area contributed by atoms with Gasteiger partial charge < -0.3 is 5.73 Å². The maximum absolute atomic E-state index is 14.1. The topological polar surface area (TPSA) is 53.6 Å². The zero-order valence-corrected chi connectivity index (χ0v) is 13.0. The predicted octanol–water partition coefficient (Wildman–Crippen LogP) is 2.22. The van der Waals surface area contributed by atoms with E-state index < -0.39 is 0 Å². The van der Waals surface area contributed by atoms with E-state index in [9.17, 15) is 4.39 Å². The molecule has 1 aliphatic rings. The third-order valence-corrected chi connectivity index (χ3v) is 3.69. The molecule has 0 saturated carbocycles. The Morgan fingerprint density at radius 3 is 3.10 bits per heavy atom. The molecule has 0 radical (unpaired) electrons. The lowest BCUT2D eigenvalue weighted by Gasteiger charge is -2.30. The van der Waals surface area contributed by atoms with E-state index in [0.717, 1.165) is 18.7 Å². The standard InChI is InChI=1S/C15H21FN4S/c1-11-3-2-6-20(9-11)10-13-5-4-12(7-14(13)16)8-18-19-15(17)21/h4-5,7-8,11H,2-3,6,9-10H2,1H3,(H3,17,19,21). The fourth-order valence-corrected chi connectivity index (χ4v) is 2.67. The normalized spacial score (nSPS) is 19.8. The number of thiocarbonyl (C=S) groups is 1. The van der Waals surface area contributed by atoms with Crippen molar-refractivity contribution >= 4 is 23.5 Å². The molecule has 4 nitrogen and oxygen atoms in total. The van der Waals surface area contributed by atoms with Gasteiger partial charge in [-0.05, 0) is 49.2 Å². The molecule has 0 spiro atoms. The van der Waals surface area contributed by atoms with E-state index in [2.05, 4.69) is 34.6 Å². The molecule has 2 rings (SSSR count). The van der Waals surface area contributed by atoms with Crippen molar-refractivity contribution in [1.82, 2.24) is 10.3 Å². The molecule has 1 heterocycles. The summed E-state index contributed by atoms with van der Waals surface area (Å²) in [6.07, 6.45) is 3.96. The smallest absolute Gasteiger partial charge is 0.184 e. The summed E-state index contributed by atoms with van der Waals surface area (Å²) in [7, 11) is 0. The Kier molecular flexibility index (Phi) is 5.64. The molecule has 1 atom stereocenters. The Morgan fingerprint density at radius 1 is 1.62 bits per heavy atom. The van der Waals surface area contributed by atoms with E-state index in [0.29, 0.717) is 18.0 Å². The molecular weight excluding hydrogens is 287 g/mol. The van der Waals surface area contributed by atoms with E-state index in [1.807, 2.05) is 12.1 Å². The molecule has 3 N–H and O–H groups in total. The Labute approximate surface area is 130 Å². The van der Waals surface area contributed by atoms with E-state index in [-0.39, 0.29) is 10.9 Å². The van der Waals surface area contributed by atoms with Crippen LogP contribution in [-0.4, -0.2) is 29.3 Å². The van der Waals surface area contributed by atoms with Crippen molar-refractivity contribution in [2.24, 2.45) is 16.8 Å². The van der Waals surface area contributed by atoms with E-state index in [1.165, 1.54) is 25.1 Å². The Hall–Kier alpha value is -1.53. The van der Waals surface area contributed by atoms with Gasteiger partial charge >= 0.3 is 0 Å². The van der Waals surface area contributed by atoms with Gasteiger partial charge in [-0.2, -0.15) is 5.10 Å². The number of nitrogens with zero attached hydrogens (tertiary/aromatic N) is 2. The Bertz CT molecular complexity index is 532. The first-order valence-electron chi connectivity index (χ1n) is 7.14. The first-order chi connectivity index (χ1) is 10.0. The zero-order chi connectivity index (χ0) is 15.2. The van der Waals surface area contributed by atoms with Crippen molar-refractivity contribution in [2.75, 3.05) is 13.1 Å². The van der Waals surface area contributed by atoms with Gasteiger partial charge in [-0.3, -0.25) is 10.3 Å². The van der Waals surface area contributed by atoms with Crippen LogP contribution >= 0.6 is 12.2 Å². The molecule has 1 aromatic carbocycles. The van der Waals surface area contributed by atoms with E-state index in [1.54, 1.807) is 0 Å². The molecule has 1 saturated heterocycles. The summed E-state index contributed by atoms with van der Waals surface area (Å²) < 4.78 is 14.1. The second-order valence-corrected chi connectivity index (χ2v) is 6.01. The van der Waals surface area contributed by atoms with Crippen molar-refractivity contribution in [3.8, 4) is 0 Å². The highest BCUT2D eigenvalue weighted by Gasteiger charge is 2.17. The first-order valence-corrected chi connectivity index (χ1v) is 7.54. The number of rotatable bonds is 4. The highest BCUT2D eigenvalue weighted by Crippen LogP contribution is 2.19. The average Bonchev–Trinajstić information content (AvgIpc) is 2.41. The van der Waals surface area contributed by atoms with Crippen LogP contribution in [0.1, 0.15) is 30.9 Å². The summed E-state index contributed by atoms with van der Waals surface area (Å²) >= 11 is 4.63.